The fraction of sp³-hybridized carbons (Fsp3) is 0.833. The number of hydrogen-bond acceptors (Lipinski definition) is 3. The average Bonchev–Trinajstić information content (AvgIpc) is 2.53. The minimum absolute atomic E-state index is 0.331. The van der Waals surface area contributed by atoms with Crippen molar-refractivity contribution in [2.24, 2.45) is 5.22 Å². The summed E-state index contributed by atoms with van der Waals surface area (Å²) in [6.45, 7) is 1.86. The van der Waals surface area contributed by atoms with Crippen LogP contribution in [0.25, 0.3) is 0 Å². The number of likely N-dealkylation sites (tertiary alicyclic amines) is 1. The highest BCUT2D eigenvalue weighted by molar-refractivity contribution is 5.76. The summed E-state index contributed by atoms with van der Waals surface area (Å²) in [4.78, 5) is 1.93. The third kappa shape index (κ3) is 1.66. The molecule has 0 aromatic heterocycles. The summed E-state index contributed by atoms with van der Waals surface area (Å²) in [6.07, 6.45) is 2.29. The molecule has 0 atom stereocenters. The molecule has 1 aliphatic heterocycles. The molecule has 62 valence electrons. The summed E-state index contributed by atoms with van der Waals surface area (Å²) in [5, 5.41) is 11.9. The highest BCUT2D eigenvalue weighted by Gasteiger charge is 2.17. The third-order valence-corrected chi connectivity index (χ3v) is 1.86. The van der Waals surface area contributed by atoms with Gasteiger partial charge in [0.05, 0.1) is 0 Å². The lowest BCUT2D eigenvalue weighted by molar-refractivity contribution is 0.378. The monoisotopic (exact) mass is 155 g/mol. The van der Waals surface area contributed by atoms with Crippen molar-refractivity contribution in [2.75, 3.05) is 20.1 Å². The molecule has 1 heterocycles. The van der Waals surface area contributed by atoms with E-state index in [1.165, 1.54) is 5.01 Å². The molecular weight excluding hydrogens is 142 g/mol. The van der Waals surface area contributed by atoms with Crippen molar-refractivity contribution in [3.8, 4) is 0 Å². The number of guanidine groups is 1. The minimum atomic E-state index is 0.331. The molecule has 0 spiro atoms. The van der Waals surface area contributed by atoms with Crippen molar-refractivity contribution >= 4 is 5.96 Å². The van der Waals surface area contributed by atoms with Gasteiger partial charge in [0, 0.05) is 20.1 Å². The summed E-state index contributed by atoms with van der Waals surface area (Å²) in [6, 6.07) is 0. The molecule has 0 saturated carbocycles. The third-order valence-electron chi connectivity index (χ3n) is 1.86. The van der Waals surface area contributed by atoms with Crippen LogP contribution >= 0.6 is 0 Å². The number of nitrogens with one attached hydrogen (secondary N) is 2. The van der Waals surface area contributed by atoms with Crippen molar-refractivity contribution in [3.05, 3.63) is 0 Å². The van der Waals surface area contributed by atoms with E-state index in [9.17, 15) is 0 Å². The average molecular weight is 155 g/mol. The fourth-order valence-corrected chi connectivity index (χ4v) is 1.18. The van der Waals surface area contributed by atoms with Gasteiger partial charge in [0.1, 0.15) is 0 Å². The van der Waals surface area contributed by atoms with Gasteiger partial charge in [-0.15, -0.1) is 0 Å². The van der Waals surface area contributed by atoms with Crippen LogP contribution < -0.4 is 0 Å². The molecule has 2 N–H and O–H groups in total. The van der Waals surface area contributed by atoms with E-state index in [0.29, 0.717) is 5.96 Å². The molecule has 1 fully saturated rings. The predicted molar refractivity (Wildman–Crippen MR) is 41.4 cm³/mol. The van der Waals surface area contributed by atoms with Gasteiger partial charge in [-0.05, 0) is 12.8 Å². The van der Waals surface area contributed by atoms with Gasteiger partial charge in [-0.1, -0.05) is 5.22 Å². The number of nitrogens with zero attached hydrogens (tertiary/aromatic N) is 3. The molecule has 1 saturated heterocycles. The van der Waals surface area contributed by atoms with Gasteiger partial charge in [-0.25, -0.2) is 5.01 Å². The van der Waals surface area contributed by atoms with Gasteiger partial charge in [-0.2, -0.15) is 5.53 Å². The topological polar surface area (TPSA) is 66.5 Å². The van der Waals surface area contributed by atoms with E-state index < -0.39 is 0 Å². The van der Waals surface area contributed by atoms with Crippen LogP contribution in [0.15, 0.2) is 5.22 Å². The predicted octanol–water partition coefficient (Wildman–Crippen LogP) is 0.895. The smallest absolute Gasteiger partial charge is 0.215 e. The summed E-state index contributed by atoms with van der Waals surface area (Å²) in [5.41, 5.74) is 6.69. The second-order valence-corrected chi connectivity index (χ2v) is 2.64. The van der Waals surface area contributed by atoms with Gasteiger partial charge in [0.15, 0.2) is 0 Å². The van der Waals surface area contributed by atoms with Crippen LogP contribution in [0.2, 0.25) is 0 Å². The first-order chi connectivity index (χ1) is 5.25. The second kappa shape index (κ2) is 3.32. The molecule has 0 amide bonds. The molecule has 0 bridgehead atoms. The summed E-state index contributed by atoms with van der Waals surface area (Å²) < 4.78 is 0. The van der Waals surface area contributed by atoms with Crippen LogP contribution in [-0.2, 0) is 0 Å². The van der Waals surface area contributed by atoms with E-state index in [-0.39, 0.29) is 0 Å². The van der Waals surface area contributed by atoms with Crippen molar-refractivity contribution in [3.63, 3.8) is 0 Å². The maximum atomic E-state index is 7.53. The van der Waals surface area contributed by atoms with Crippen LogP contribution in [0.5, 0.6) is 0 Å². The quantitative estimate of drug-likeness (QED) is 0.255. The number of rotatable bonds is 1. The van der Waals surface area contributed by atoms with Gasteiger partial charge in [0.2, 0.25) is 5.96 Å². The molecule has 11 heavy (non-hydrogen) atoms. The van der Waals surface area contributed by atoms with E-state index in [2.05, 4.69) is 5.22 Å². The van der Waals surface area contributed by atoms with Crippen molar-refractivity contribution in [1.29, 1.82) is 10.9 Å². The molecule has 1 rings (SSSR count). The number of hydrogen-bond donors (Lipinski definition) is 2. The van der Waals surface area contributed by atoms with Gasteiger partial charge in [-0.3, -0.25) is 5.41 Å². The molecule has 0 aromatic rings. The molecule has 0 aliphatic carbocycles. The van der Waals surface area contributed by atoms with Crippen LogP contribution in [-0.4, -0.2) is 36.0 Å². The first kappa shape index (κ1) is 7.97. The Kier molecular flexibility index (Phi) is 2.40. The van der Waals surface area contributed by atoms with Crippen LogP contribution in [0.1, 0.15) is 12.8 Å². The van der Waals surface area contributed by atoms with E-state index in [4.69, 9.17) is 10.9 Å². The first-order valence-electron chi connectivity index (χ1n) is 3.70. The Morgan fingerprint density at radius 1 is 1.45 bits per heavy atom. The Morgan fingerprint density at radius 2 is 2.00 bits per heavy atom. The van der Waals surface area contributed by atoms with Crippen LogP contribution in [0, 0.1) is 10.9 Å². The minimum Gasteiger partial charge on any atom is -0.342 e. The zero-order valence-electron chi connectivity index (χ0n) is 6.67. The van der Waals surface area contributed by atoms with E-state index in [1.54, 1.807) is 7.05 Å². The van der Waals surface area contributed by atoms with E-state index >= 15 is 0 Å². The van der Waals surface area contributed by atoms with Gasteiger partial charge >= 0.3 is 0 Å². The normalized spacial score (nSPS) is 16.6. The van der Waals surface area contributed by atoms with Gasteiger partial charge in [0.25, 0.3) is 0 Å². The Bertz CT molecular complexity index is 160. The summed E-state index contributed by atoms with van der Waals surface area (Å²) in [5.74, 6) is 0.331. The van der Waals surface area contributed by atoms with Crippen molar-refractivity contribution in [2.45, 2.75) is 12.8 Å². The zero-order chi connectivity index (χ0) is 8.27. The first-order valence-corrected chi connectivity index (χ1v) is 3.70. The zero-order valence-corrected chi connectivity index (χ0v) is 6.67. The largest absolute Gasteiger partial charge is 0.342 e. The Hall–Kier alpha value is -1.13. The van der Waals surface area contributed by atoms with E-state index in [0.717, 1.165) is 25.9 Å². The highest BCUT2D eigenvalue weighted by atomic mass is 15.6. The lowest BCUT2D eigenvalue weighted by Crippen LogP contribution is -2.36. The molecular formula is C6H13N5. The maximum absolute atomic E-state index is 7.53. The Labute approximate surface area is 66.0 Å². The maximum Gasteiger partial charge on any atom is 0.215 e. The Balaban J connectivity index is 2.45. The molecule has 0 radical (unpaired) electrons. The lowest BCUT2D eigenvalue weighted by Gasteiger charge is -2.21. The molecule has 1 aliphatic rings. The summed E-state index contributed by atoms with van der Waals surface area (Å²) in [7, 11) is 1.62. The van der Waals surface area contributed by atoms with Gasteiger partial charge < -0.3 is 4.90 Å². The van der Waals surface area contributed by atoms with Crippen LogP contribution in [0.4, 0.5) is 0 Å². The fourth-order valence-electron chi connectivity index (χ4n) is 1.18. The van der Waals surface area contributed by atoms with Crippen LogP contribution in [0.3, 0.4) is 0 Å². The van der Waals surface area contributed by atoms with E-state index in [1.807, 2.05) is 4.90 Å². The van der Waals surface area contributed by atoms with Crippen molar-refractivity contribution in [1.82, 2.24) is 9.91 Å². The Morgan fingerprint density at radius 3 is 2.45 bits per heavy atom. The SMILES string of the molecule is CN(N=N)C(=N)N1CCCC1. The van der Waals surface area contributed by atoms with Crippen molar-refractivity contribution < 1.29 is 0 Å². The molecule has 5 nitrogen and oxygen atoms in total. The molecule has 0 aromatic carbocycles. The highest BCUT2D eigenvalue weighted by Crippen LogP contribution is 2.08. The summed E-state index contributed by atoms with van der Waals surface area (Å²) >= 11 is 0. The molecule has 5 heteroatoms. The molecule has 0 unspecified atom stereocenters. The lowest BCUT2D eigenvalue weighted by atomic mass is 10.4. The second-order valence-electron chi connectivity index (χ2n) is 2.64. The standard InChI is InChI=1S/C6H13N5/c1-10(9-8)6(7)11-4-2-3-5-11/h7-8H,2-5H2,1H3.